The third kappa shape index (κ3) is 3.19. The zero-order chi connectivity index (χ0) is 14.7. The molecule has 1 aromatic carbocycles. The summed E-state index contributed by atoms with van der Waals surface area (Å²) < 4.78 is 11.8. The van der Waals surface area contributed by atoms with Crippen molar-refractivity contribution in [1.82, 2.24) is 20.2 Å². The second-order valence-electron chi connectivity index (χ2n) is 4.27. The summed E-state index contributed by atoms with van der Waals surface area (Å²) in [4.78, 5) is 11.8. The van der Waals surface area contributed by atoms with Crippen LogP contribution in [0.25, 0.3) is 0 Å². The monoisotopic (exact) mass is 307 g/mol. The van der Waals surface area contributed by atoms with Gasteiger partial charge in [-0.05, 0) is 17.7 Å². The maximum absolute atomic E-state index is 11.8. The Hall–Kier alpha value is -2.42. The molecule has 0 atom stereocenters. The second-order valence-corrected chi connectivity index (χ2v) is 5.22. The Morgan fingerprint density at radius 1 is 1.43 bits per heavy atom. The van der Waals surface area contributed by atoms with Gasteiger partial charge in [0.25, 0.3) is 0 Å². The van der Waals surface area contributed by atoms with E-state index in [1.807, 2.05) is 18.2 Å². The maximum Gasteiger partial charge on any atom is 0.231 e. The molecule has 0 radical (unpaired) electrons. The summed E-state index contributed by atoms with van der Waals surface area (Å²) >= 11 is 1.22. The Bertz CT molecular complexity index is 660. The van der Waals surface area contributed by atoms with Gasteiger partial charge in [0.1, 0.15) is 6.33 Å². The van der Waals surface area contributed by atoms with Gasteiger partial charge in [-0.3, -0.25) is 4.79 Å². The lowest BCUT2D eigenvalue weighted by atomic mass is 10.2. The summed E-state index contributed by atoms with van der Waals surface area (Å²) in [5, 5.41) is 10.7. The molecule has 110 valence electrons. The number of nitrogen functional groups attached to an aromatic ring is 1. The van der Waals surface area contributed by atoms with Crippen LogP contribution < -0.4 is 20.6 Å². The summed E-state index contributed by atoms with van der Waals surface area (Å²) in [6, 6.07) is 5.57. The molecule has 0 saturated carbocycles. The van der Waals surface area contributed by atoms with E-state index < -0.39 is 0 Å². The smallest absolute Gasteiger partial charge is 0.231 e. The number of ether oxygens (including phenoxy) is 2. The van der Waals surface area contributed by atoms with Crippen LogP contribution in [-0.2, 0) is 11.3 Å². The fraction of sp³-hybridized carbons (Fsp3) is 0.250. The van der Waals surface area contributed by atoms with Crippen LogP contribution in [0.5, 0.6) is 11.5 Å². The van der Waals surface area contributed by atoms with Crippen LogP contribution in [0.3, 0.4) is 0 Å². The minimum Gasteiger partial charge on any atom is -0.454 e. The van der Waals surface area contributed by atoms with Crippen molar-refractivity contribution in [2.45, 2.75) is 11.7 Å². The molecule has 1 aliphatic heterocycles. The lowest BCUT2D eigenvalue weighted by molar-refractivity contribution is -0.118. The number of benzene rings is 1. The molecule has 0 saturated heterocycles. The summed E-state index contributed by atoms with van der Waals surface area (Å²) in [5.74, 6) is 7.10. The molecule has 1 aliphatic rings. The molecule has 3 rings (SSSR count). The fourth-order valence-corrected chi connectivity index (χ4v) is 2.43. The van der Waals surface area contributed by atoms with Gasteiger partial charge >= 0.3 is 0 Å². The lowest BCUT2D eigenvalue weighted by Crippen LogP contribution is -2.24. The van der Waals surface area contributed by atoms with Gasteiger partial charge in [-0.15, -0.1) is 10.2 Å². The Kier molecular flexibility index (Phi) is 3.82. The first-order valence-electron chi connectivity index (χ1n) is 6.15. The van der Waals surface area contributed by atoms with Crippen LogP contribution in [0.4, 0.5) is 0 Å². The molecule has 1 amide bonds. The third-order valence-electron chi connectivity index (χ3n) is 2.80. The molecule has 2 aromatic rings. The fourth-order valence-electron chi connectivity index (χ4n) is 1.77. The number of nitrogens with zero attached hydrogens (tertiary/aromatic N) is 3. The molecule has 1 aromatic heterocycles. The van der Waals surface area contributed by atoms with Gasteiger partial charge in [-0.2, -0.15) is 0 Å². The second kappa shape index (κ2) is 5.92. The van der Waals surface area contributed by atoms with E-state index in [0.29, 0.717) is 17.5 Å². The van der Waals surface area contributed by atoms with Gasteiger partial charge in [0, 0.05) is 6.54 Å². The van der Waals surface area contributed by atoms with Crippen molar-refractivity contribution in [3.8, 4) is 11.5 Å². The SMILES string of the molecule is Nn1cnnc1SCC(=O)NCc1ccc2c(c1)OCO2. The Morgan fingerprint density at radius 3 is 3.10 bits per heavy atom. The zero-order valence-corrected chi connectivity index (χ0v) is 11.8. The number of amides is 1. The molecule has 0 aliphatic carbocycles. The highest BCUT2D eigenvalue weighted by Gasteiger charge is 2.13. The number of carbonyl (C=O) groups is 1. The molecule has 0 spiro atoms. The lowest BCUT2D eigenvalue weighted by Gasteiger charge is -2.06. The first kappa shape index (κ1) is 13.6. The van der Waals surface area contributed by atoms with Crippen molar-refractivity contribution in [3.63, 3.8) is 0 Å². The zero-order valence-electron chi connectivity index (χ0n) is 11.0. The molecule has 9 heteroatoms. The number of hydrogen-bond acceptors (Lipinski definition) is 7. The molecule has 0 bridgehead atoms. The highest BCUT2D eigenvalue weighted by molar-refractivity contribution is 7.99. The molecule has 0 unspecified atom stereocenters. The van der Waals surface area contributed by atoms with E-state index in [9.17, 15) is 4.79 Å². The quantitative estimate of drug-likeness (QED) is 0.597. The summed E-state index contributed by atoms with van der Waals surface area (Å²) in [6.45, 7) is 0.660. The topological polar surface area (TPSA) is 104 Å². The predicted octanol–water partition coefficient (Wildman–Crippen LogP) is 0.129. The van der Waals surface area contributed by atoms with Crippen molar-refractivity contribution in [1.29, 1.82) is 0 Å². The standard InChI is InChI=1S/C12H13N5O3S/c13-17-6-15-16-12(17)21-5-11(18)14-4-8-1-2-9-10(3-8)20-7-19-9/h1-3,6H,4-5,7,13H2,(H,14,18). The van der Waals surface area contributed by atoms with Crippen LogP contribution in [0.15, 0.2) is 29.7 Å². The van der Waals surface area contributed by atoms with E-state index in [2.05, 4.69) is 15.5 Å². The van der Waals surface area contributed by atoms with Crippen molar-refractivity contribution >= 4 is 17.7 Å². The number of carbonyl (C=O) groups excluding carboxylic acids is 1. The molecule has 21 heavy (non-hydrogen) atoms. The van der Waals surface area contributed by atoms with Gasteiger partial charge in [0.15, 0.2) is 11.5 Å². The predicted molar refractivity (Wildman–Crippen MR) is 75.3 cm³/mol. The number of hydrogen-bond donors (Lipinski definition) is 2. The Labute approximate surface area is 124 Å². The molecular weight excluding hydrogens is 294 g/mol. The Balaban J connectivity index is 1.48. The minimum atomic E-state index is -0.110. The highest BCUT2D eigenvalue weighted by Crippen LogP contribution is 2.32. The van der Waals surface area contributed by atoms with Gasteiger partial charge in [0.2, 0.25) is 17.9 Å². The maximum atomic E-state index is 11.8. The Morgan fingerprint density at radius 2 is 2.29 bits per heavy atom. The van der Waals surface area contributed by atoms with Crippen molar-refractivity contribution in [2.75, 3.05) is 18.4 Å². The number of fused-ring (bicyclic) bond motifs is 1. The summed E-state index contributed by atoms with van der Waals surface area (Å²) in [7, 11) is 0. The van der Waals surface area contributed by atoms with E-state index in [1.54, 1.807) is 0 Å². The number of thioether (sulfide) groups is 1. The summed E-state index contributed by atoms with van der Waals surface area (Å²) in [5.41, 5.74) is 0.944. The van der Waals surface area contributed by atoms with E-state index in [0.717, 1.165) is 11.3 Å². The van der Waals surface area contributed by atoms with Crippen LogP contribution in [0.2, 0.25) is 0 Å². The molecule has 3 N–H and O–H groups in total. The number of rotatable bonds is 5. The minimum absolute atomic E-state index is 0.110. The molecule has 0 fully saturated rings. The van der Waals surface area contributed by atoms with Crippen LogP contribution in [-0.4, -0.2) is 33.3 Å². The molecular formula is C12H13N5O3S. The van der Waals surface area contributed by atoms with Crippen molar-refractivity contribution < 1.29 is 14.3 Å². The third-order valence-corrected chi connectivity index (χ3v) is 3.76. The number of nitrogens with one attached hydrogen (secondary N) is 1. The van der Waals surface area contributed by atoms with Crippen molar-refractivity contribution in [2.24, 2.45) is 0 Å². The first-order valence-corrected chi connectivity index (χ1v) is 7.14. The van der Waals surface area contributed by atoms with E-state index in [-0.39, 0.29) is 18.5 Å². The number of nitrogens with two attached hydrogens (primary N) is 1. The van der Waals surface area contributed by atoms with Gasteiger partial charge < -0.3 is 20.6 Å². The molecule has 8 nitrogen and oxygen atoms in total. The normalized spacial score (nSPS) is 12.4. The van der Waals surface area contributed by atoms with Gasteiger partial charge in [0.05, 0.1) is 5.75 Å². The van der Waals surface area contributed by atoms with Gasteiger partial charge in [-0.25, -0.2) is 4.68 Å². The first-order chi connectivity index (χ1) is 10.2. The average molecular weight is 307 g/mol. The van der Waals surface area contributed by atoms with E-state index >= 15 is 0 Å². The molecule has 2 heterocycles. The van der Waals surface area contributed by atoms with Crippen LogP contribution >= 0.6 is 11.8 Å². The summed E-state index contributed by atoms with van der Waals surface area (Å²) in [6.07, 6.45) is 1.38. The van der Waals surface area contributed by atoms with Crippen LogP contribution in [0.1, 0.15) is 5.56 Å². The van der Waals surface area contributed by atoms with E-state index in [4.69, 9.17) is 15.3 Å². The highest BCUT2D eigenvalue weighted by atomic mass is 32.2. The van der Waals surface area contributed by atoms with Gasteiger partial charge in [-0.1, -0.05) is 17.8 Å². The number of aromatic nitrogens is 3. The van der Waals surface area contributed by atoms with Crippen molar-refractivity contribution in [3.05, 3.63) is 30.1 Å². The van der Waals surface area contributed by atoms with Crippen LogP contribution in [0, 0.1) is 0 Å². The average Bonchev–Trinajstić information content (AvgIpc) is 3.11. The largest absolute Gasteiger partial charge is 0.454 e. The van der Waals surface area contributed by atoms with E-state index in [1.165, 1.54) is 22.8 Å².